The quantitative estimate of drug-likeness (QED) is 0.378. The summed E-state index contributed by atoms with van der Waals surface area (Å²) >= 11 is 0. The molecule has 2 aromatic rings. The SMILES string of the molecule is CCNC(=NCCc1nc2ccccc2[nH]1)N1CCS(=O)(=O)C(C)(C)C1.I. The van der Waals surface area contributed by atoms with Crippen molar-refractivity contribution in [2.75, 3.05) is 31.9 Å². The van der Waals surface area contributed by atoms with Gasteiger partial charge in [-0.15, -0.1) is 24.0 Å². The van der Waals surface area contributed by atoms with E-state index in [1.807, 2.05) is 36.1 Å². The topological polar surface area (TPSA) is 90.4 Å². The van der Waals surface area contributed by atoms with Gasteiger partial charge in [-0.2, -0.15) is 0 Å². The van der Waals surface area contributed by atoms with Gasteiger partial charge in [0.1, 0.15) is 5.82 Å². The number of aromatic nitrogens is 2. The van der Waals surface area contributed by atoms with E-state index in [2.05, 4.69) is 15.3 Å². The standard InChI is InChI=1S/C18H27N5O2S.HI/c1-4-19-17(23-11-12-26(24,25)18(2,3)13-23)20-10-9-16-21-14-7-5-6-8-15(14)22-16;/h5-8H,4,9-13H2,1-3H3,(H,19,20)(H,21,22);1H. The predicted molar refractivity (Wildman–Crippen MR) is 121 cm³/mol. The monoisotopic (exact) mass is 505 g/mol. The van der Waals surface area contributed by atoms with Crippen LogP contribution in [0.25, 0.3) is 11.0 Å². The number of aromatic amines is 1. The van der Waals surface area contributed by atoms with Gasteiger partial charge in [-0.1, -0.05) is 12.1 Å². The Kier molecular flexibility index (Phi) is 7.12. The highest BCUT2D eigenvalue weighted by Crippen LogP contribution is 2.23. The van der Waals surface area contributed by atoms with E-state index in [9.17, 15) is 8.42 Å². The summed E-state index contributed by atoms with van der Waals surface area (Å²) in [6, 6.07) is 7.95. The highest BCUT2D eigenvalue weighted by molar-refractivity contribution is 14.0. The van der Waals surface area contributed by atoms with Gasteiger partial charge < -0.3 is 15.2 Å². The molecule has 150 valence electrons. The smallest absolute Gasteiger partial charge is 0.194 e. The van der Waals surface area contributed by atoms with Gasteiger partial charge in [-0.25, -0.2) is 13.4 Å². The third-order valence-electron chi connectivity index (χ3n) is 4.73. The molecule has 1 fully saturated rings. The number of nitrogens with one attached hydrogen (secondary N) is 2. The second-order valence-electron chi connectivity index (χ2n) is 7.19. The summed E-state index contributed by atoms with van der Waals surface area (Å²) < 4.78 is 23.7. The second-order valence-corrected chi connectivity index (χ2v) is 9.93. The number of guanidine groups is 1. The molecule has 1 aromatic heterocycles. The lowest BCUT2D eigenvalue weighted by Crippen LogP contribution is -2.57. The molecule has 0 spiro atoms. The summed E-state index contributed by atoms with van der Waals surface area (Å²) in [4.78, 5) is 14.6. The maximum absolute atomic E-state index is 12.2. The minimum absolute atomic E-state index is 0. The molecule has 0 radical (unpaired) electrons. The number of hydrogen-bond donors (Lipinski definition) is 2. The Balaban J connectivity index is 0.00000261. The van der Waals surface area contributed by atoms with Crippen LogP contribution in [0.5, 0.6) is 0 Å². The molecule has 2 N–H and O–H groups in total. The lowest BCUT2D eigenvalue weighted by atomic mass is 10.2. The first kappa shape index (κ1) is 21.9. The van der Waals surface area contributed by atoms with Gasteiger partial charge >= 0.3 is 0 Å². The number of benzene rings is 1. The number of nitrogens with zero attached hydrogens (tertiary/aromatic N) is 3. The van der Waals surface area contributed by atoms with Crippen molar-refractivity contribution in [2.45, 2.75) is 31.9 Å². The Bertz CT molecular complexity index is 874. The van der Waals surface area contributed by atoms with E-state index in [1.54, 1.807) is 13.8 Å². The van der Waals surface area contributed by atoms with Crippen LogP contribution in [0.3, 0.4) is 0 Å². The number of sulfone groups is 1. The number of imidazole rings is 1. The van der Waals surface area contributed by atoms with E-state index in [0.717, 1.165) is 29.4 Å². The summed E-state index contributed by atoms with van der Waals surface area (Å²) in [5.41, 5.74) is 1.99. The molecule has 0 atom stereocenters. The van der Waals surface area contributed by atoms with Crippen LogP contribution in [0.1, 0.15) is 26.6 Å². The molecule has 1 aliphatic heterocycles. The first-order valence-corrected chi connectivity index (χ1v) is 10.7. The van der Waals surface area contributed by atoms with Gasteiger partial charge in [0.25, 0.3) is 0 Å². The predicted octanol–water partition coefficient (Wildman–Crippen LogP) is 2.20. The zero-order chi connectivity index (χ0) is 18.8. The average molecular weight is 505 g/mol. The number of halogens is 1. The van der Waals surface area contributed by atoms with Crippen molar-refractivity contribution in [1.82, 2.24) is 20.2 Å². The third kappa shape index (κ3) is 4.92. The number of H-pyrrole nitrogens is 1. The van der Waals surface area contributed by atoms with Crippen LogP contribution in [-0.2, 0) is 16.3 Å². The minimum atomic E-state index is -3.06. The van der Waals surface area contributed by atoms with Crippen molar-refractivity contribution in [3.63, 3.8) is 0 Å². The Labute approximate surface area is 178 Å². The fourth-order valence-electron chi connectivity index (χ4n) is 3.14. The summed E-state index contributed by atoms with van der Waals surface area (Å²) in [5.74, 6) is 1.84. The van der Waals surface area contributed by atoms with E-state index in [4.69, 9.17) is 4.99 Å². The van der Waals surface area contributed by atoms with Crippen molar-refractivity contribution in [2.24, 2.45) is 4.99 Å². The lowest BCUT2D eigenvalue weighted by molar-refractivity contribution is 0.353. The minimum Gasteiger partial charge on any atom is -0.357 e. The van der Waals surface area contributed by atoms with Gasteiger partial charge in [-0.3, -0.25) is 4.99 Å². The van der Waals surface area contributed by atoms with Crippen molar-refractivity contribution < 1.29 is 8.42 Å². The molecule has 0 bridgehead atoms. The highest BCUT2D eigenvalue weighted by atomic mass is 127. The number of para-hydroxylation sites is 2. The lowest BCUT2D eigenvalue weighted by Gasteiger charge is -2.39. The molecule has 0 amide bonds. The van der Waals surface area contributed by atoms with Crippen molar-refractivity contribution in [1.29, 1.82) is 0 Å². The molecule has 1 saturated heterocycles. The van der Waals surface area contributed by atoms with E-state index in [-0.39, 0.29) is 29.7 Å². The molecule has 2 heterocycles. The Hall–Kier alpha value is -1.36. The summed E-state index contributed by atoms with van der Waals surface area (Å²) in [6.07, 6.45) is 0.707. The third-order valence-corrected chi connectivity index (χ3v) is 7.26. The van der Waals surface area contributed by atoms with Gasteiger partial charge in [0.15, 0.2) is 15.8 Å². The number of hydrogen-bond acceptors (Lipinski definition) is 4. The van der Waals surface area contributed by atoms with Gasteiger partial charge in [0.2, 0.25) is 0 Å². The first-order chi connectivity index (χ1) is 12.3. The van der Waals surface area contributed by atoms with Crippen LogP contribution in [0.15, 0.2) is 29.3 Å². The van der Waals surface area contributed by atoms with Crippen LogP contribution in [0, 0.1) is 0 Å². The Morgan fingerprint density at radius 2 is 2.11 bits per heavy atom. The van der Waals surface area contributed by atoms with Gasteiger partial charge in [-0.05, 0) is 32.9 Å². The molecule has 7 nitrogen and oxygen atoms in total. The van der Waals surface area contributed by atoms with Gasteiger partial charge in [0.05, 0.1) is 21.5 Å². The van der Waals surface area contributed by atoms with Gasteiger partial charge in [0, 0.05) is 32.6 Å². The first-order valence-electron chi connectivity index (χ1n) is 9.01. The average Bonchev–Trinajstić information content (AvgIpc) is 2.99. The van der Waals surface area contributed by atoms with Crippen LogP contribution < -0.4 is 5.32 Å². The molecule has 0 unspecified atom stereocenters. The number of fused-ring (bicyclic) bond motifs is 1. The van der Waals surface area contributed by atoms with E-state index < -0.39 is 14.6 Å². The van der Waals surface area contributed by atoms with E-state index in [1.165, 1.54) is 0 Å². The summed E-state index contributed by atoms with van der Waals surface area (Å²) in [7, 11) is -3.06. The zero-order valence-corrected chi connectivity index (χ0v) is 19.2. The maximum atomic E-state index is 12.2. The molecule has 0 saturated carbocycles. The molecule has 3 rings (SSSR count). The van der Waals surface area contributed by atoms with E-state index >= 15 is 0 Å². The number of aliphatic imine (C=N–C) groups is 1. The Morgan fingerprint density at radius 1 is 1.37 bits per heavy atom. The summed E-state index contributed by atoms with van der Waals surface area (Å²) in [6.45, 7) is 7.84. The molecule has 1 aromatic carbocycles. The van der Waals surface area contributed by atoms with Crippen molar-refractivity contribution >= 4 is 50.8 Å². The highest BCUT2D eigenvalue weighted by Gasteiger charge is 2.40. The second kappa shape index (κ2) is 8.76. The number of rotatable bonds is 4. The molecular formula is C18H28IN5O2S. The fourth-order valence-corrected chi connectivity index (χ4v) is 4.51. The van der Waals surface area contributed by atoms with Crippen LogP contribution >= 0.6 is 24.0 Å². The molecule has 0 aliphatic carbocycles. The van der Waals surface area contributed by atoms with Crippen LogP contribution in [-0.4, -0.2) is 65.9 Å². The Morgan fingerprint density at radius 3 is 2.78 bits per heavy atom. The molecule has 27 heavy (non-hydrogen) atoms. The van der Waals surface area contributed by atoms with Crippen LogP contribution in [0.2, 0.25) is 0 Å². The van der Waals surface area contributed by atoms with Crippen molar-refractivity contribution in [3.8, 4) is 0 Å². The fraction of sp³-hybridized carbons (Fsp3) is 0.556. The maximum Gasteiger partial charge on any atom is 0.194 e. The molecular weight excluding hydrogens is 477 g/mol. The summed E-state index contributed by atoms with van der Waals surface area (Å²) in [5, 5.41) is 3.28. The normalized spacial score (nSPS) is 18.9. The van der Waals surface area contributed by atoms with Crippen molar-refractivity contribution in [3.05, 3.63) is 30.1 Å². The zero-order valence-electron chi connectivity index (χ0n) is 16.0. The molecule has 1 aliphatic rings. The van der Waals surface area contributed by atoms with E-state index in [0.29, 0.717) is 26.1 Å². The largest absolute Gasteiger partial charge is 0.357 e. The van der Waals surface area contributed by atoms with Crippen LogP contribution in [0.4, 0.5) is 0 Å². The molecule has 9 heteroatoms.